The normalized spacial score (nSPS) is 18.2. The summed E-state index contributed by atoms with van der Waals surface area (Å²) < 4.78 is 13.4. The van der Waals surface area contributed by atoms with E-state index in [9.17, 15) is 14.0 Å². The molecule has 2 aliphatic rings. The fraction of sp³-hybridized carbons (Fsp3) is 0.304. The topological polar surface area (TPSA) is 43.9 Å². The van der Waals surface area contributed by atoms with E-state index < -0.39 is 5.82 Å². The Morgan fingerprint density at radius 3 is 2.14 bits per heavy atom. The number of rotatable bonds is 3. The minimum Gasteiger partial charge on any atom is -0.364 e. The van der Waals surface area contributed by atoms with Gasteiger partial charge in [-0.25, -0.2) is 9.29 Å². The van der Waals surface area contributed by atoms with Crippen molar-refractivity contribution in [2.45, 2.75) is 13.8 Å². The zero-order valence-corrected chi connectivity index (χ0v) is 16.9. The van der Waals surface area contributed by atoms with E-state index in [2.05, 4.69) is 4.90 Å². The number of piperazine rings is 1. The lowest BCUT2D eigenvalue weighted by Gasteiger charge is -2.34. The first-order valence-electron chi connectivity index (χ1n) is 9.76. The molecule has 1 saturated heterocycles. The van der Waals surface area contributed by atoms with E-state index in [0.29, 0.717) is 30.0 Å². The maximum Gasteiger partial charge on any atom is 0.282 e. The molecular weight excluding hydrogens is 369 g/mol. The Kier molecular flexibility index (Phi) is 4.96. The molecule has 0 spiro atoms. The molecule has 29 heavy (non-hydrogen) atoms. The maximum atomic E-state index is 13.5. The summed E-state index contributed by atoms with van der Waals surface area (Å²) in [5, 5.41) is 0. The number of anilines is 1. The third-order valence-corrected chi connectivity index (χ3v) is 5.62. The Morgan fingerprint density at radius 1 is 0.862 bits per heavy atom. The van der Waals surface area contributed by atoms with Gasteiger partial charge in [0.15, 0.2) is 0 Å². The van der Waals surface area contributed by atoms with Gasteiger partial charge in [-0.05, 0) is 56.3 Å². The molecule has 0 aliphatic carbocycles. The highest BCUT2D eigenvalue weighted by molar-refractivity contribution is 6.45. The fourth-order valence-corrected chi connectivity index (χ4v) is 4.00. The van der Waals surface area contributed by atoms with Crippen LogP contribution < -0.4 is 4.90 Å². The van der Waals surface area contributed by atoms with E-state index in [0.717, 1.165) is 29.8 Å². The minimum atomic E-state index is -0.408. The summed E-state index contributed by atoms with van der Waals surface area (Å²) in [5.74, 6) is -1.11. The zero-order chi connectivity index (χ0) is 20.7. The van der Waals surface area contributed by atoms with Gasteiger partial charge in [-0.1, -0.05) is 23.8 Å². The van der Waals surface area contributed by atoms with E-state index in [1.54, 1.807) is 0 Å². The number of halogens is 1. The fourth-order valence-electron chi connectivity index (χ4n) is 4.00. The molecule has 0 unspecified atom stereocenters. The Bertz CT molecular complexity index is 1010. The molecule has 2 aliphatic heterocycles. The summed E-state index contributed by atoms with van der Waals surface area (Å²) in [6.45, 7) is 6.95. The van der Waals surface area contributed by atoms with Gasteiger partial charge in [0.2, 0.25) is 0 Å². The molecule has 5 nitrogen and oxygen atoms in total. The molecule has 0 atom stereocenters. The lowest BCUT2D eigenvalue weighted by atomic mass is 9.97. The summed E-state index contributed by atoms with van der Waals surface area (Å²) >= 11 is 0. The second kappa shape index (κ2) is 7.44. The molecular formula is C23H24FN3O2. The molecule has 0 N–H and O–H groups in total. The molecule has 0 saturated carbocycles. The van der Waals surface area contributed by atoms with Gasteiger partial charge in [0.25, 0.3) is 11.8 Å². The largest absolute Gasteiger partial charge is 0.364 e. The van der Waals surface area contributed by atoms with Crippen LogP contribution in [0.5, 0.6) is 0 Å². The summed E-state index contributed by atoms with van der Waals surface area (Å²) in [6, 6.07) is 11.4. The van der Waals surface area contributed by atoms with Crippen LogP contribution >= 0.6 is 0 Å². The van der Waals surface area contributed by atoms with Crippen LogP contribution in [0, 0.1) is 19.7 Å². The van der Waals surface area contributed by atoms with Crippen LogP contribution in [-0.4, -0.2) is 54.8 Å². The Morgan fingerprint density at radius 2 is 1.52 bits per heavy atom. The van der Waals surface area contributed by atoms with E-state index in [-0.39, 0.29) is 11.8 Å². The average Bonchev–Trinajstić information content (AvgIpc) is 2.94. The number of hydrogen-bond acceptors (Lipinski definition) is 4. The van der Waals surface area contributed by atoms with E-state index >= 15 is 0 Å². The Hall–Kier alpha value is -2.99. The lowest BCUT2D eigenvalue weighted by Crippen LogP contribution is -2.46. The van der Waals surface area contributed by atoms with E-state index in [1.165, 1.54) is 29.2 Å². The number of imide groups is 1. The SMILES string of the molecule is Cc1ccc(C2=C(N3CCN(C)CC3)C(=O)N(c3ccc(F)cc3)C2=O)c(C)c1. The molecule has 6 heteroatoms. The molecule has 4 rings (SSSR count). The van der Waals surface area contributed by atoms with Gasteiger partial charge in [-0.3, -0.25) is 9.59 Å². The second-order valence-electron chi connectivity index (χ2n) is 7.75. The summed E-state index contributed by atoms with van der Waals surface area (Å²) in [4.78, 5) is 32.3. The highest BCUT2D eigenvalue weighted by Gasteiger charge is 2.43. The van der Waals surface area contributed by atoms with Crippen molar-refractivity contribution >= 4 is 23.1 Å². The second-order valence-corrected chi connectivity index (χ2v) is 7.75. The third kappa shape index (κ3) is 3.44. The maximum absolute atomic E-state index is 13.5. The number of nitrogens with zero attached hydrogens (tertiary/aromatic N) is 3. The van der Waals surface area contributed by atoms with Gasteiger partial charge >= 0.3 is 0 Å². The molecule has 0 aromatic heterocycles. The standard InChI is InChI=1S/C23H24FN3O2/c1-15-4-9-19(16(2)14-15)20-21(26-12-10-25(3)11-13-26)23(29)27(22(20)28)18-7-5-17(24)6-8-18/h4-9,14H,10-13H2,1-3H3. The first kappa shape index (κ1) is 19.3. The van der Waals surface area contributed by atoms with Crippen molar-refractivity contribution in [3.63, 3.8) is 0 Å². The van der Waals surface area contributed by atoms with Gasteiger partial charge in [-0.15, -0.1) is 0 Å². The molecule has 2 aromatic carbocycles. The quantitative estimate of drug-likeness (QED) is 0.752. The Balaban J connectivity index is 1.83. The Labute approximate surface area is 170 Å². The van der Waals surface area contributed by atoms with Crippen LogP contribution in [0.1, 0.15) is 16.7 Å². The first-order valence-corrected chi connectivity index (χ1v) is 9.76. The van der Waals surface area contributed by atoms with Gasteiger partial charge in [0, 0.05) is 26.2 Å². The smallest absolute Gasteiger partial charge is 0.282 e. The van der Waals surface area contributed by atoms with Gasteiger partial charge in [0.05, 0.1) is 11.3 Å². The first-order chi connectivity index (χ1) is 13.9. The van der Waals surface area contributed by atoms with Crippen LogP contribution in [0.3, 0.4) is 0 Å². The van der Waals surface area contributed by atoms with Crippen LogP contribution in [0.4, 0.5) is 10.1 Å². The number of carbonyl (C=O) groups excluding carboxylic acids is 2. The van der Waals surface area contributed by atoms with Crippen molar-refractivity contribution in [2.75, 3.05) is 38.1 Å². The van der Waals surface area contributed by atoms with E-state index in [4.69, 9.17) is 0 Å². The number of hydrogen-bond donors (Lipinski definition) is 0. The molecule has 1 fully saturated rings. The number of likely N-dealkylation sites (N-methyl/N-ethyl adjacent to an activating group) is 1. The van der Waals surface area contributed by atoms with Crippen molar-refractivity contribution < 1.29 is 14.0 Å². The summed E-state index contributed by atoms with van der Waals surface area (Å²) in [7, 11) is 2.04. The van der Waals surface area contributed by atoms with Crippen LogP contribution in [0.15, 0.2) is 48.2 Å². The highest BCUT2D eigenvalue weighted by Crippen LogP contribution is 2.36. The zero-order valence-electron chi connectivity index (χ0n) is 16.9. The van der Waals surface area contributed by atoms with Crippen LogP contribution in [0.2, 0.25) is 0 Å². The van der Waals surface area contributed by atoms with Gasteiger partial charge in [-0.2, -0.15) is 0 Å². The monoisotopic (exact) mass is 393 g/mol. The van der Waals surface area contributed by atoms with Crippen molar-refractivity contribution in [2.24, 2.45) is 0 Å². The van der Waals surface area contributed by atoms with Gasteiger partial charge in [0.1, 0.15) is 11.5 Å². The van der Waals surface area contributed by atoms with Gasteiger partial charge < -0.3 is 9.80 Å². The third-order valence-electron chi connectivity index (χ3n) is 5.62. The molecule has 0 bridgehead atoms. The highest BCUT2D eigenvalue weighted by atomic mass is 19.1. The predicted octanol–water partition coefficient (Wildman–Crippen LogP) is 2.97. The molecule has 2 heterocycles. The van der Waals surface area contributed by atoms with Crippen LogP contribution in [0.25, 0.3) is 5.57 Å². The predicted molar refractivity (Wildman–Crippen MR) is 111 cm³/mol. The van der Waals surface area contributed by atoms with Crippen molar-refractivity contribution in [3.05, 3.63) is 70.7 Å². The number of aryl methyl sites for hydroxylation is 2. The minimum absolute atomic E-state index is 0.346. The van der Waals surface area contributed by atoms with Crippen molar-refractivity contribution in [1.29, 1.82) is 0 Å². The molecule has 0 radical (unpaired) electrons. The molecule has 2 amide bonds. The summed E-state index contributed by atoms with van der Waals surface area (Å²) in [6.07, 6.45) is 0. The number of amides is 2. The number of carbonyl (C=O) groups is 2. The van der Waals surface area contributed by atoms with Crippen molar-refractivity contribution in [3.8, 4) is 0 Å². The van der Waals surface area contributed by atoms with Crippen molar-refractivity contribution in [1.82, 2.24) is 9.80 Å². The molecule has 150 valence electrons. The van der Waals surface area contributed by atoms with E-state index in [1.807, 2.05) is 44.0 Å². The average molecular weight is 393 g/mol. The lowest BCUT2D eigenvalue weighted by molar-refractivity contribution is -0.120. The molecule has 2 aromatic rings. The van der Waals surface area contributed by atoms with Crippen LogP contribution in [-0.2, 0) is 9.59 Å². The number of benzene rings is 2. The summed E-state index contributed by atoms with van der Waals surface area (Å²) in [5.41, 5.74) is 4.08.